The van der Waals surface area contributed by atoms with E-state index < -0.39 is 17.3 Å². The van der Waals surface area contributed by atoms with Gasteiger partial charge in [-0.1, -0.05) is 17.7 Å². The average molecular weight is 257 g/mol. The summed E-state index contributed by atoms with van der Waals surface area (Å²) in [4.78, 5) is 11.6. The normalized spacial score (nSPS) is 18.8. The van der Waals surface area contributed by atoms with Gasteiger partial charge in [0.2, 0.25) is 5.91 Å². The van der Waals surface area contributed by atoms with Crippen LogP contribution in [0.2, 0.25) is 5.02 Å². The average Bonchev–Trinajstić information content (AvgIpc) is 3.05. The molecule has 2 rings (SSSR count). The third kappa shape index (κ3) is 2.42. The van der Waals surface area contributed by atoms with E-state index in [9.17, 15) is 9.18 Å². The molecule has 17 heavy (non-hydrogen) atoms. The lowest BCUT2D eigenvalue weighted by molar-refractivity contribution is -0.124. The van der Waals surface area contributed by atoms with Gasteiger partial charge >= 0.3 is 0 Å². The van der Waals surface area contributed by atoms with Crippen LogP contribution >= 0.6 is 11.6 Å². The van der Waals surface area contributed by atoms with Crippen molar-refractivity contribution in [1.82, 2.24) is 5.32 Å². The fraction of sp³-hybridized carbons (Fsp3) is 0.417. The van der Waals surface area contributed by atoms with Gasteiger partial charge in [-0.25, -0.2) is 4.39 Å². The van der Waals surface area contributed by atoms with Gasteiger partial charge in [-0.15, -0.1) is 0 Å². The lowest BCUT2D eigenvalue weighted by atomic mass is 9.91. The van der Waals surface area contributed by atoms with E-state index in [-0.39, 0.29) is 5.02 Å². The van der Waals surface area contributed by atoms with Gasteiger partial charge in [0, 0.05) is 6.04 Å². The first-order valence-electron chi connectivity index (χ1n) is 5.46. The molecule has 0 aliphatic heterocycles. The van der Waals surface area contributed by atoms with Crippen molar-refractivity contribution in [3.05, 3.63) is 34.6 Å². The zero-order valence-corrected chi connectivity index (χ0v) is 10.2. The summed E-state index contributed by atoms with van der Waals surface area (Å²) in [7, 11) is 0. The number of nitrogens with two attached hydrogens (primary N) is 1. The van der Waals surface area contributed by atoms with Gasteiger partial charge in [0.05, 0.1) is 5.02 Å². The third-order valence-electron chi connectivity index (χ3n) is 3.06. The van der Waals surface area contributed by atoms with Gasteiger partial charge in [0.15, 0.2) is 0 Å². The number of rotatable bonds is 4. The van der Waals surface area contributed by atoms with Crippen molar-refractivity contribution in [3.63, 3.8) is 0 Å². The molecule has 1 atom stereocenters. The minimum atomic E-state index is -1.00. The van der Waals surface area contributed by atoms with Crippen LogP contribution in [0.15, 0.2) is 18.2 Å². The largest absolute Gasteiger partial charge is 0.368 e. The van der Waals surface area contributed by atoms with Crippen molar-refractivity contribution >= 4 is 17.5 Å². The van der Waals surface area contributed by atoms with Crippen LogP contribution < -0.4 is 11.1 Å². The molecule has 0 heterocycles. The first kappa shape index (κ1) is 12.3. The second-order valence-electron chi connectivity index (χ2n) is 4.54. The third-order valence-corrected chi connectivity index (χ3v) is 3.35. The summed E-state index contributed by atoms with van der Waals surface area (Å²) in [5, 5.41) is 3.17. The van der Waals surface area contributed by atoms with E-state index in [1.165, 1.54) is 18.2 Å². The second kappa shape index (κ2) is 4.27. The first-order valence-corrected chi connectivity index (χ1v) is 5.84. The van der Waals surface area contributed by atoms with Crippen molar-refractivity contribution in [2.45, 2.75) is 31.3 Å². The number of amides is 1. The van der Waals surface area contributed by atoms with E-state index in [0.717, 1.165) is 12.8 Å². The molecule has 0 spiro atoms. The van der Waals surface area contributed by atoms with Crippen LogP contribution in [-0.2, 0) is 10.3 Å². The molecule has 0 aromatic heterocycles. The van der Waals surface area contributed by atoms with E-state index in [4.69, 9.17) is 17.3 Å². The van der Waals surface area contributed by atoms with Crippen molar-refractivity contribution in [2.75, 3.05) is 0 Å². The second-order valence-corrected chi connectivity index (χ2v) is 4.94. The lowest BCUT2D eigenvalue weighted by Gasteiger charge is -2.28. The topological polar surface area (TPSA) is 55.1 Å². The molecule has 1 aromatic rings. The number of nitrogens with one attached hydrogen (secondary N) is 1. The lowest BCUT2D eigenvalue weighted by Crippen LogP contribution is -2.51. The number of hydrogen-bond acceptors (Lipinski definition) is 2. The molecule has 1 aliphatic carbocycles. The Morgan fingerprint density at radius 1 is 1.59 bits per heavy atom. The molecule has 1 unspecified atom stereocenters. The summed E-state index contributed by atoms with van der Waals surface area (Å²) in [6, 6.07) is 4.52. The van der Waals surface area contributed by atoms with Gasteiger partial charge in [-0.2, -0.15) is 0 Å². The number of primary amides is 1. The number of hydrogen-bond donors (Lipinski definition) is 2. The molecule has 1 saturated carbocycles. The monoisotopic (exact) mass is 256 g/mol. The minimum absolute atomic E-state index is 0.00688. The van der Waals surface area contributed by atoms with Crippen molar-refractivity contribution in [1.29, 1.82) is 0 Å². The molecule has 3 nitrogen and oxygen atoms in total. The summed E-state index contributed by atoms with van der Waals surface area (Å²) < 4.78 is 13.1. The fourth-order valence-corrected chi connectivity index (χ4v) is 1.92. The van der Waals surface area contributed by atoms with E-state index in [0.29, 0.717) is 11.6 Å². The van der Waals surface area contributed by atoms with Crippen molar-refractivity contribution in [3.8, 4) is 0 Å². The van der Waals surface area contributed by atoms with Gasteiger partial charge < -0.3 is 5.73 Å². The van der Waals surface area contributed by atoms with Crippen molar-refractivity contribution in [2.24, 2.45) is 5.73 Å². The van der Waals surface area contributed by atoms with E-state index in [1.807, 2.05) is 0 Å². The molecule has 3 N–H and O–H groups in total. The molecule has 92 valence electrons. The van der Waals surface area contributed by atoms with Crippen LogP contribution in [-0.4, -0.2) is 11.9 Å². The summed E-state index contributed by atoms with van der Waals surface area (Å²) in [5.41, 5.74) is 5.01. The number of carbonyl (C=O) groups is 1. The highest BCUT2D eigenvalue weighted by Crippen LogP contribution is 2.30. The molecule has 0 saturated heterocycles. The number of halogens is 2. The summed E-state index contributed by atoms with van der Waals surface area (Å²) >= 11 is 5.72. The Hall–Kier alpha value is -1.13. The maximum atomic E-state index is 13.1. The number of benzene rings is 1. The van der Waals surface area contributed by atoms with Crippen LogP contribution in [0.4, 0.5) is 4.39 Å². The fourth-order valence-electron chi connectivity index (χ4n) is 1.74. The highest BCUT2D eigenvalue weighted by atomic mass is 35.5. The van der Waals surface area contributed by atoms with Gasteiger partial charge in [0.1, 0.15) is 11.4 Å². The highest BCUT2D eigenvalue weighted by Gasteiger charge is 2.38. The quantitative estimate of drug-likeness (QED) is 0.865. The summed E-state index contributed by atoms with van der Waals surface area (Å²) in [6.45, 7) is 1.69. The molecule has 0 bridgehead atoms. The standard InChI is InChI=1S/C12H14ClFN2O/c1-12(11(15)17,16-8-3-4-8)7-2-5-10(14)9(13)6-7/h2,5-6,8,16H,3-4H2,1H3,(H2,15,17). The van der Waals surface area contributed by atoms with Crippen molar-refractivity contribution < 1.29 is 9.18 Å². The first-order chi connectivity index (χ1) is 7.93. The van der Waals surface area contributed by atoms with Gasteiger partial charge in [0.25, 0.3) is 0 Å². The Labute approximate surface area is 104 Å². The number of carbonyl (C=O) groups excluding carboxylic acids is 1. The predicted octanol–water partition coefficient (Wildman–Crippen LogP) is 1.93. The minimum Gasteiger partial charge on any atom is -0.368 e. The van der Waals surface area contributed by atoms with Gasteiger partial charge in [-0.05, 0) is 37.5 Å². The maximum absolute atomic E-state index is 13.1. The van der Waals surface area contributed by atoms with E-state index >= 15 is 0 Å². The molecule has 1 aromatic carbocycles. The van der Waals surface area contributed by atoms with E-state index in [1.54, 1.807) is 6.92 Å². The molecule has 5 heteroatoms. The smallest absolute Gasteiger partial charge is 0.242 e. The van der Waals surface area contributed by atoms with E-state index in [2.05, 4.69) is 5.32 Å². The van der Waals surface area contributed by atoms with Crippen LogP contribution in [0, 0.1) is 5.82 Å². The van der Waals surface area contributed by atoms with Crippen LogP contribution in [0.1, 0.15) is 25.3 Å². The summed E-state index contributed by atoms with van der Waals surface area (Å²) in [6.07, 6.45) is 2.05. The molecule has 0 radical (unpaired) electrons. The molecular weight excluding hydrogens is 243 g/mol. The maximum Gasteiger partial charge on any atom is 0.242 e. The molecular formula is C12H14ClFN2O. The van der Waals surface area contributed by atoms with Crippen LogP contribution in [0.3, 0.4) is 0 Å². The SMILES string of the molecule is CC(NC1CC1)(C(N)=O)c1ccc(F)c(Cl)c1. The zero-order chi connectivity index (χ0) is 12.6. The Balaban J connectivity index is 2.36. The molecule has 1 fully saturated rings. The Morgan fingerprint density at radius 3 is 2.71 bits per heavy atom. The Bertz CT molecular complexity index is 462. The Morgan fingerprint density at radius 2 is 2.24 bits per heavy atom. The van der Waals surface area contributed by atoms with Gasteiger partial charge in [-0.3, -0.25) is 10.1 Å². The van der Waals surface area contributed by atoms with Crippen LogP contribution in [0.25, 0.3) is 0 Å². The molecule has 1 aliphatic rings. The summed E-state index contributed by atoms with van der Waals surface area (Å²) in [5.74, 6) is -0.999. The molecule has 1 amide bonds. The van der Waals surface area contributed by atoms with Crippen LogP contribution in [0.5, 0.6) is 0 Å². The zero-order valence-electron chi connectivity index (χ0n) is 9.47. The highest BCUT2D eigenvalue weighted by molar-refractivity contribution is 6.30. The Kier molecular flexibility index (Phi) is 3.10. The predicted molar refractivity (Wildman–Crippen MR) is 64.1 cm³/mol.